The summed E-state index contributed by atoms with van der Waals surface area (Å²) in [4.78, 5) is 1.76. The van der Waals surface area contributed by atoms with E-state index >= 15 is 0 Å². The molecule has 1 N–H and O–H groups in total. The van der Waals surface area contributed by atoms with Crippen LogP contribution in [0, 0.1) is 5.82 Å². The van der Waals surface area contributed by atoms with Crippen LogP contribution in [0.25, 0.3) is 0 Å². The first kappa shape index (κ1) is 14.5. The van der Waals surface area contributed by atoms with Gasteiger partial charge in [-0.1, -0.05) is 23.3 Å². The summed E-state index contributed by atoms with van der Waals surface area (Å²) in [6, 6.07) is 6.84. The van der Waals surface area contributed by atoms with E-state index in [4.69, 9.17) is 4.42 Å². The van der Waals surface area contributed by atoms with Gasteiger partial charge in [-0.25, -0.2) is 4.39 Å². The second-order valence-corrected chi connectivity index (χ2v) is 4.74. The number of aromatic nitrogens is 2. The van der Waals surface area contributed by atoms with Gasteiger partial charge < -0.3 is 14.6 Å². The highest BCUT2D eigenvalue weighted by Gasteiger charge is 2.21. The molecule has 2 aromatic rings. The number of nitrogens with zero attached hydrogens (tertiary/aromatic N) is 3. The monoisotopic (exact) mass is 278 g/mol. The third kappa shape index (κ3) is 2.80. The van der Waals surface area contributed by atoms with Crippen molar-refractivity contribution in [3.05, 3.63) is 41.5 Å². The molecule has 1 heterocycles. The standard InChI is InChI=1S/C14H19FN4O/c1-9(16-3)13-17-18-14(20-13)19(4)10(2)11-7-5-6-8-12(11)15/h5-10,16H,1-4H3. The zero-order valence-corrected chi connectivity index (χ0v) is 12.1. The topological polar surface area (TPSA) is 54.2 Å². The van der Waals surface area contributed by atoms with Crippen LogP contribution in [0.5, 0.6) is 0 Å². The number of anilines is 1. The van der Waals surface area contributed by atoms with Crippen molar-refractivity contribution in [2.45, 2.75) is 25.9 Å². The van der Waals surface area contributed by atoms with E-state index in [1.54, 1.807) is 24.1 Å². The summed E-state index contributed by atoms with van der Waals surface area (Å²) in [5.41, 5.74) is 0.594. The third-order valence-electron chi connectivity index (χ3n) is 3.47. The molecule has 6 heteroatoms. The van der Waals surface area contributed by atoms with E-state index in [0.717, 1.165) is 0 Å². The molecule has 0 saturated carbocycles. The van der Waals surface area contributed by atoms with Gasteiger partial charge in [0.15, 0.2) is 0 Å². The van der Waals surface area contributed by atoms with Gasteiger partial charge in [-0.3, -0.25) is 0 Å². The molecule has 2 unspecified atom stereocenters. The number of hydrogen-bond donors (Lipinski definition) is 1. The Labute approximate surface area is 117 Å². The molecule has 2 atom stereocenters. The van der Waals surface area contributed by atoms with Crippen LogP contribution >= 0.6 is 0 Å². The molecule has 1 aromatic carbocycles. The van der Waals surface area contributed by atoms with E-state index in [1.807, 2.05) is 27.0 Å². The van der Waals surface area contributed by atoms with E-state index in [2.05, 4.69) is 15.5 Å². The average Bonchev–Trinajstić information content (AvgIpc) is 2.95. The van der Waals surface area contributed by atoms with Crippen molar-refractivity contribution >= 4 is 6.01 Å². The van der Waals surface area contributed by atoms with Crippen LogP contribution in [0.4, 0.5) is 10.4 Å². The number of nitrogens with one attached hydrogen (secondary N) is 1. The third-order valence-corrected chi connectivity index (χ3v) is 3.47. The maximum absolute atomic E-state index is 13.8. The van der Waals surface area contributed by atoms with E-state index in [9.17, 15) is 4.39 Å². The molecule has 0 saturated heterocycles. The van der Waals surface area contributed by atoms with Crippen LogP contribution in [0.1, 0.15) is 37.4 Å². The maximum Gasteiger partial charge on any atom is 0.318 e. The number of benzene rings is 1. The normalized spacial score (nSPS) is 14.1. The highest BCUT2D eigenvalue weighted by Crippen LogP contribution is 2.26. The van der Waals surface area contributed by atoms with Gasteiger partial charge in [0.25, 0.3) is 0 Å². The van der Waals surface area contributed by atoms with Gasteiger partial charge in [0.2, 0.25) is 5.89 Å². The lowest BCUT2D eigenvalue weighted by atomic mass is 10.1. The summed E-state index contributed by atoms with van der Waals surface area (Å²) in [5.74, 6) is 0.269. The van der Waals surface area contributed by atoms with Gasteiger partial charge in [-0.15, -0.1) is 5.10 Å². The predicted molar refractivity (Wildman–Crippen MR) is 75.0 cm³/mol. The molecule has 0 aliphatic carbocycles. The number of rotatable bonds is 5. The largest absolute Gasteiger partial charge is 0.406 e. The predicted octanol–water partition coefficient (Wildman–Crippen LogP) is 2.69. The van der Waals surface area contributed by atoms with Gasteiger partial charge in [0.05, 0.1) is 12.1 Å². The minimum absolute atomic E-state index is 0.0200. The summed E-state index contributed by atoms with van der Waals surface area (Å²) in [6.07, 6.45) is 0. The van der Waals surface area contributed by atoms with E-state index in [1.165, 1.54) is 6.07 Å². The lowest BCUT2D eigenvalue weighted by Gasteiger charge is -2.23. The first-order valence-electron chi connectivity index (χ1n) is 6.52. The molecule has 0 fully saturated rings. The summed E-state index contributed by atoms with van der Waals surface area (Å²) >= 11 is 0. The smallest absolute Gasteiger partial charge is 0.318 e. The Morgan fingerprint density at radius 3 is 2.60 bits per heavy atom. The van der Waals surface area contributed by atoms with Gasteiger partial charge in [0.1, 0.15) is 5.82 Å². The van der Waals surface area contributed by atoms with Crippen LogP contribution in [0.3, 0.4) is 0 Å². The zero-order chi connectivity index (χ0) is 14.7. The first-order valence-corrected chi connectivity index (χ1v) is 6.52. The summed E-state index contributed by atoms with van der Waals surface area (Å²) in [5, 5.41) is 11.0. The van der Waals surface area contributed by atoms with Gasteiger partial charge in [0, 0.05) is 12.6 Å². The molecule has 20 heavy (non-hydrogen) atoms. The minimum atomic E-state index is -0.241. The Balaban J connectivity index is 2.21. The van der Waals surface area contributed by atoms with Crippen molar-refractivity contribution in [2.75, 3.05) is 19.0 Å². The fourth-order valence-corrected chi connectivity index (χ4v) is 1.86. The van der Waals surface area contributed by atoms with Gasteiger partial charge >= 0.3 is 6.01 Å². The Bertz CT molecular complexity index is 572. The number of hydrogen-bond acceptors (Lipinski definition) is 5. The highest BCUT2D eigenvalue weighted by molar-refractivity contribution is 5.32. The molecule has 0 aliphatic heterocycles. The minimum Gasteiger partial charge on any atom is -0.406 e. The summed E-state index contributed by atoms with van der Waals surface area (Å²) < 4.78 is 19.4. The first-order chi connectivity index (χ1) is 9.54. The average molecular weight is 278 g/mol. The Hall–Kier alpha value is -1.95. The summed E-state index contributed by atoms with van der Waals surface area (Å²) in [6.45, 7) is 3.82. The molecular formula is C14H19FN4O. The van der Waals surface area contributed by atoms with E-state index in [0.29, 0.717) is 17.5 Å². The molecule has 5 nitrogen and oxygen atoms in total. The van der Waals surface area contributed by atoms with Crippen LogP contribution < -0.4 is 10.2 Å². The Morgan fingerprint density at radius 1 is 1.25 bits per heavy atom. The molecule has 0 aliphatic rings. The van der Waals surface area contributed by atoms with Crippen molar-refractivity contribution in [3.63, 3.8) is 0 Å². The van der Waals surface area contributed by atoms with E-state index in [-0.39, 0.29) is 17.9 Å². The summed E-state index contributed by atoms with van der Waals surface area (Å²) in [7, 11) is 3.62. The maximum atomic E-state index is 13.8. The zero-order valence-electron chi connectivity index (χ0n) is 12.1. The van der Waals surface area contributed by atoms with Crippen molar-refractivity contribution in [1.29, 1.82) is 0 Å². The molecule has 0 bridgehead atoms. The van der Waals surface area contributed by atoms with Crippen molar-refractivity contribution in [2.24, 2.45) is 0 Å². The van der Waals surface area contributed by atoms with Crippen LogP contribution in [-0.2, 0) is 0 Å². The highest BCUT2D eigenvalue weighted by atomic mass is 19.1. The van der Waals surface area contributed by atoms with Crippen molar-refractivity contribution < 1.29 is 8.81 Å². The molecule has 108 valence electrons. The van der Waals surface area contributed by atoms with Crippen LogP contribution in [0.15, 0.2) is 28.7 Å². The molecule has 1 aromatic heterocycles. The second kappa shape index (κ2) is 6.00. The molecule has 2 rings (SSSR count). The lowest BCUT2D eigenvalue weighted by Crippen LogP contribution is -2.22. The fraction of sp³-hybridized carbons (Fsp3) is 0.429. The van der Waals surface area contributed by atoms with Crippen molar-refractivity contribution in [3.8, 4) is 0 Å². The second-order valence-electron chi connectivity index (χ2n) is 4.74. The van der Waals surface area contributed by atoms with Crippen molar-refractivity contribution in [1.82, 2.24) is 15.5 Å². The fourth-order valence-electron chi connectivity index (χ4n) is 1.86. The molecule has 0 radical (unpaired) electrons. The van der Waals surface area contributed by atoms with Crippen LogP contribution in [-0.4, -0.2) is 24.3 Å². The SMILES string of the molecule is CNC(C)c1nnc(N(C)C(C)c2ccccc2F)o1. The Kier molecular flexibility index (Phi) is 4.34. The van der Waals surface area contributed by atoms with Gasteiger partial charge in [-0.2, -0.15) is 0 Å². The molecular weight excluding hydrogens is 259 g/mol. The molecule has 0 spiro atoms. The number of halogens is 1. The van der Waals surface area contributed by atoms with E-state index < -0.39 is 0 Å². The quantitative estimate of drug-likeness (QED) is 0.911. The Morgan fingerprint density at radius 2 is 1.95 bits per heavy atom. The molecule has 0 amide bonds. The lowest BCUT2D eigenvalue weighted by molar-refractivity contribution is 0.426. The van der Waals surface area contributed by atoms with Gasteiger partial charge in [-0.05, 0) is 27.0 Å². The van der Waals surface area contributed by atoms with Crippen LogP contribution in [0.2, 0.25) is 0 Å².